The lowest BCUT2D eigenvalue weighted by molar-refractivity contribution is -0.137. The number of halogens is 2. The monoisotopic (exact) mass is 599 g/mol. The first kappa shape index (κ1) is 29.3. The maximum atomic E-state index is 14.0. The zero-order valence-electron chi connectivity index (χ0n) is 24.2. The van der Waals surface area contributed by atoms with Gasteiger partial charge in [0.05, 0.1) is 50.6 Å². The summed E-state index contributed by atoms with van der Waals surface area (Å²) in [6.07, 6.45) is 4.90. The first-order valence-electron chi connectivity index (χ1n) is 14.0. The molecule has 0 bridgehead atoms. The molecule has 1 fully saturated rings. The lowest BCUT2D eigenvalue weighted by Crippen LogP contribution is -2.52. The normalized spacial score (nSPS) is 19.9. The summed E-state index contributed by atoms with van der Waals surface area (Å²) in [5.41, 5.74) is 5.32. The van der Waals surface area contributed by atoms with Crippen molar-refractivity contribution in [2.75, 3.05) is 19.8 Å². The standard InChI is InChI=1S/C31H39Cl2N3O3Si/c1-20-24-9-7-10-25(21-15-34-35(16-21)23-17-38-18-23)26(24)13-22(19-39-40(5,6)31(2,3)4)36(20)30(37)14-27-28(32)11-8-12-29(27)33/h7-12,15-16,20,22-23H,13-14,17-19H2,1-6H3/t20-,22+/m0/s1. The number of ether oxygens (including phenoxy) is 1. The van der Waals surface area contributed by atoms with Crippen LogP contribution >= 0.6 is 23.2 Å². The Morgan fingerprint density at radius 1 is 1.12 bits per heavy atom. The minimum absolute atomic E-state index is 0.000174. The number of carbonyl (C=O) groups excluding carboxylic acids is 1. The summed E-state index contributed by atoms with van der Waals surface area (Å²) in [7, 11) is -2.05. The Morgan fingerprint density at radius 2 is 1.80 bits per heavy atom. The summed E-state index contributed by atoms with van der Waals surface area (Å²) in [5.74, 6) is 0.000174. The van der Waals surface area contributed by atoms with Crippen LogP contribution in [0.2, 0.25) is 28.2 Å². The van der Waals surface area contributed by atoms with E-state index in [1.165, 1.54) is 5.56 Å². The molecule has 3 heterocycles. The van der Waals surface area contributed by atoms with E-state index >= 15 is 0 Å². The molecule has 0 N–H and O–H groups in total. The summed E-state index contributed by atoms with van der Waals surface area (Å²) >= 11 is 12.9. The van der Waals surface area contributed by atoms with Crippen LogP contribution in [0, 0.1) is 0 Å². The predicted octanol–water partition coefficient (Wildman–Crippen LogP) is 7.51. The van der Waals surface area contributed by atoms with Crippen molar-refractivity contribution < 1.29 is 14.0 Å². The third-order valence-electron chi connectivity index (χ3n) is 8.94. The summed E-state index contributed by atoms with van der Waals surface area (Å²) in [4.78, 5) is 16.0. The van der Waals surface area contributed by atoms with Gasteiger partial charge in [0.2, 0.25) is 5.91 Å². The molecule has 2 atom stereocenters. The highest BCUT2D eigenvalue weighted by Crippen LogP contribution is 2.41. The van der Waals surface area contributed by atoms with Crippen molar-refractivity contribution in [3.63, 3.8) is 0 Å². The fraction of sp³-hybridized carbons (Fsp3) is 0.484. The van der Waals surface area contributed by atoms with Crippen LogP contribution < -0.4 is 0 Å². The fourth-order valence-corrected chi connectivity index (χ4v) is 6.94. The number of nitrogens with zero attached hydrogens (tertiary/aromatic N) is 3. The van der Waals surface area contributed by atoms with Gasteiger partial charge in [0.25, 0.3) is 0 Å². The van der Waals surface area contributed by atoms with E-state index in [0.29, 0.717) is 47.9 Å². The average molecular weight is 601 g/mol. The highest BCUT2D eigenvalue weighted by atomic mass is 35.5. The minimum Gasteiger partial charge on any atom is -0.415 e. The van der Waals surface area contributed by atoms with E-state index in [0.717, 1.165) is 16.7 Å². The smallest absolute Gasteiger partial charge is 0.227 e. The first-order valence-corrected chi connectivity index (χ1v) is 17.7. The van der Waals surface area contributed by atoms with Gasteiger partial charge in [-0.25, -0.2) is 0 Å². The van der Waals surface area contributed by atoms with Crippen molar-refractivity contribution in [2.45, 2.75) is 76.8 Å². The molecule has 40 heavy (non-hydrogen) atoms. The molecule has 6 nitrogen and oxygen atoms in total. The highest BCUT2D eigenvalue weighted by molar-refractivity contribution is 6.74. The molecule has 2 aliphatic heterocycles. The molecule has 2 aromatic carbocycles. The Balaban J connectivity index is 1.50. The quantitative estimate of drug-likeness (QED) is 0.264. The second-order valence-electron chi connectivity index (χ2n) is 12.6. The highest BCUT2D eigenvalue weighted by Gasteiger charge is 2.41. The summed E-state index contributed by atoms with van der Waals surface area (Å²) < 4.78 is 14.1. The first-order chi connectivity index (χ1) is 18.9. The molecule has 2 aliphatic rings. The van der Waals surface area contributed by atoms with E-state index < -0.39 is 8.32 Å². The van der Waals surface area contributed by atoms with Gasteiger partial charge in [0, 0.05) is 21.8 Å². The molecule has 5 rings (SSSR count). The average Bonchev–Trinajstić information content (AvgIpc) is 3.32. The summed E-state index contributed by atoms with van der Waals surface area (Å²) in [6, 6.07) is 11.8. The number of rotatable bonds is 7. The van der Waals surface area contributed by atoms with E-state index in [1.54, 1.807) is 18.2 Å². The lowest BCUT2D eigenvalue weighted by atomic mass is 9.84. The zero-order chi connectivity index (χ0) is 28.8. The number of benzene rings is 2. The SMILES string of the molecule is C[C@H]1c2cccc(-c3cnn(C4COC4)c3)c2C[C@H](CO[Si](C)(C)C(C)(C)C)N1C(=O)Cc1c(Cl)cccc1Cl. The molecule has 9 heteroatoms. The zero-order valence-corrected chi connectivity index (χ0v) is 26.7. The van der Waals surface area contributed by atoms with Crippen LogP contribution in [0.1, 0.15) is 56.5 Å². The molecule has 3 aromatic rings. The van der Waals surface area contributed by atoms with Crippen molar-refractivity contribution in [1.82, 2.24) is 14.7 Å². The molecular formula is C31H39Cl2N3O3Si. The third-order valence-corrected chi connectivity index (χ3v) is 14.1. The van der Waals surface area contributed by atoms with Gasteiger partial charge >= 0.3 is 0 Å². The Bertz CT molecular complexity index is 1380. The molecule has 0 unspecified atom stereocenters. The molecule has 1 saturated heterocycles. The van der Waals surface area contributed by atoms with Crippen molar-refractivity contribution in [1.29, 1.82) is 0 Å². The largest absolute Gasteiger partial charge is 0.415 e. The van der Waals surface area contributed by atoms with Gasteiger partial charge in [-0.3, -0.25) is 9.48 Å². The van der Waals surface area contributed by atoms with Crippen LogP contribution in [0.5, 0.6) is 0 Å². The van der Waals surface area contributed by atoms with Gasteiger partial charge in [0.1, 0.15) is 0 Å². The van der Waals surface area contributed by atoms with E-state index in [1.807, 2.05) is 15.8 Å². The third kappa shape index (κ3) is 5.64. The van der Waals surface area contributed by atoms with Crippen LogP contribution in [-0.2, 0) is 26.8 Å². The minimum atomic E-state index is -2.05. The maximum absolute atomic E-state index is 14.0. The van der Waals surface area contributed by atoms with E-state index in [9.17, 15) is 4.79 Å². The Kier molecular flexibility index (Phi) is 8.25. The number of aromatic nitrogens is 2. The van der Waals surface area contributed by atoms with Gasteiger partial charge in [-0.15, -0.1) is 0 Å². The van der Waals surface area contributed by atoms with Crippen LogP contribution in [0.3, 0.4) is 0 Å². The molecule has 1 amide bonds. The molecule has 0 aliphatic carbocycles. The van der Waals surface area contributed by atoms with Crippen molar-refractivity contribution in [2.24, 2.45) is 0 Å². The molecule has 1 aromatic heterocycles. The van der Waals surface area contributed by atoms with Gasteiger partial charge < -0.3 is 14.1 Å². The number of carbonyl (C=O) groups is 1. The van der Waals surface area contributed by atoms with Gasteiger partial charge in [0.15, 0.2) is 8.32 Å². The summed E-state index contributed by atoms with van der Waals surface area (Å²) in [5, 5.41) is 5.72. The van der Waals surface area contributed by atoms with Crippen molar-refractivity contribution in [3.8, 4) is 11.1 Å². The van der Waals surface area contributed by atoms with Gasteiger partial charge in [-0.1, -0.05) is 68.2 Å². The second kappa shape index (κ2) is 11.3. The topological polar surface area (TPSA) is 56.6 Å². The van der Waals surface area contributed by atoms with E-state index in [-0.39, 0.29) is 29.4 Å². The lowest BCUT2D eigenvalue weighted by Gasteiger charge is -2.45. The van der Waals surface area contributed by atoms with Crippen molar-refractivity contribution in [3.05, 3.63) is 75.5 Å². The molecule has 0 radical (unpaired) electrons. The fourth-order valence-electron chi connectivity index (χ4n) is 5.37. The summed E-state index contributed by atoms with van der Waals surface area (Å²) in [6.45, 7) is 15.2. The molecule has 0 saturated carbocycles. The maximum Gasteiger partial charge on any atom is 0.227 e. The Morgan fingerprint density at radius 3 is 2.42 bits per heavy atom. The Hall–Kier alpha value is -2.16. The van der Waals surface area contributed by atoms with Crippen LogP contribution in [0.4, 0.5) is 0 Å². The van der Waals surface area contributed by atoms with Gasteiger partial charge in [-0.05, 0) is 65.9 Å². The van der Waals surface area contributed by atoms with Crippen molar-refractivity contribution >= 4 is 37.4 Å². The molecule has 0 spiro atoms. The number of fused-ring (bicyclic) bond motifs is 1. The van der Waals surface area contributed by atoms with E-state index in [4.69, 9.17) is 32.4 Å². The second-order valence-corrected chi connectivity index (χ2v) is 18.2. The van der Waals surface area contributed by atoms with Crippen LogP contribution in [0.25, 0.3) is 11.1 Å². The van der Waals surface area contributed by atoms with Gasteiger partial charge in [-0.2, -0.15) is 5.10 Å². The Labute approximate surface area is 248 Å². The van der Waals surface area contributed by atoms with Crippen LogP contribution in [-0.4, -0.2) is 54.8 Å². The number of hydrogen-bond donors (Lipinski definition) is 0. The predicted molar refractivity (Wildman–Crippen MR) is 164 cm³/mol. The molecular weight excluding hydrogens is 561 g/mol. The number of amides is 1. The number of hydrogen-bond acceptors (Lipinski definition) is 4. The van der Waals surface area contributed by atoms with Crippen LogP contribution in [0.15, 0.2) is 48.8 Å². The van der Waals surface area contributed by atoms with E-state index in [2.05, 4.69) is 70.3 Å². The molecule has 214 valence electrons.